The van der Waals surface area contributed by atoms with Gasteiger partial charge in [0.05, 0.1) is 12.1 Å². The predicted molar refractivity (Wildman–Crippen MR) is 51.2 cm³/mol. The zero-order chi connectivity index (χ0) is 9.52. The largest absolute Gasteiger partial charge is 0.381 e. The first-order chi connectivity index (χ1) is 6.38. The zero-order valence-corrected chi connectivity index (χ0v) is 8.25. The molecule has 1 saturated heterocycles. The summed E-state index contributed by atoms with van der Waals surface area (Å²) in [6.45, 7) is 4.69. The van der Waals surface area contributed by atoms with E-state index < -0.39 is 0 Å². The Morgan fingerprint density at radius 3 is 2.77 bits per heavy atom. The molecule has 0 bridgehead atoms. The van der Waals surface area contributed by atoms with Crippen LogP contribution in [0.15, 0.2) is 0 Å². The van der Waals surface area contributed by atoms with Crippen LogP contribution in [0.4, 0.5) is 0 Å². The van der Waals surface area contributed by atoms with Crippen molar-refractivity contribution >= 4 is 0 Å². The maximum absolute atomic E-state index is 8.95. The summed E-state index contributed by atoms with van der Waals surface area (Å²) < 4.78 is 5.26. The normalized spacial score (nSPS) is 20.9. The van der Waals surface area contributed by atoms with Crippen LogP contribution in [0.5, 0.6) is 0 Å². The Morgan fingerprint density at radius 2 is 2.23 bits per heavy atom. The Balaban J connectivity index is 2.31. The van der Waals surface area contributed by atoms with E-state index in [0.29, 0.717) is 5.92 Å². The summed E-state index contributed by atoms with van der Waals surface area (Å²) in [7, 11) is 0. The van der Waals surface area contributed by atoms with Crippen LogP contribution in [0.25, 0.3) is 0 Å². The molecule has 1 aliphatic rings. The monoisotopic (exact) mass is 182 g/mol. The zero-order valence-electron chi connectivity index (χ0n) is 8.25. The quantitative estimate of drug-likeness (QED) is 0.713. The molecule has 0 aromatic carbocycles. The second kappa shape index (κ2) is 5.95. The Hall–Kier alpha value is -0.590. The highest BCUT2D eigenvalue weighted by Crippen LogP contribution is 2.18. The summed E-state index contributed by atoms with van der Waals surface area (Å²) in [4.78, 5) is 0. The molecule has 0 radical (unpaired) electrons. The lowest BCUT2D eigenvalue weighted by Crippen LogP contribution is -2.38. The summed E-state index contributed by atoms with van der Waals surface area (Å²) in [6.07, 6.45) is 3.13. The van der Waals surface area contributed by atoms with Gasteiger partial charge in [0.1, 0.15) is 0 Å². The van der Waals surface area contributed by atoms with Crippen molar-refractivity contribution in [1.82, 2.24) is 5.32 Å². The lowest BCUT2D eigenvalue weighted by molar-refractivity contribution is 0.0599. The van der Waals surface area contributed by atoms with Gasteiger partial charge >= 0.3 is 0 Å². The van der Waals surface area contributed by atoms with Gasteiger partial charge in [0, 0.05) is 13.2 Å². The number of nitrogens with one attached hydrogen (secondary N) is 1. The van der Waals surface area contributed by atoms with Crippen LogP contribution in [0.3, 0.4) is 0 Å². The van der Waals surface area contributed by atoms with Gasteiger partial charge in [-0.3, -0.25) is 0 Å². The van der Waals surface area contributed by atoms with Gasteiger partial charge in [-0.25, -0.2) is 0 Å². The molecule has 1 heterocycles. The number of ether oxygens (including phenoxy) is 1. The van der Waals surface area contributed by atoms with Gasteiger partial charge in [0.25, 0.3) is 0 Å². The van der Waals surface area contributed by atoms with Crippen LogP contribution in [-0.2, 0) is 4.74 Å². The van der Waals surface area contributed by atoms with Crippen molar-refractivity contribution in [2.75, 3.05) is 19.8 Å². The highest BCUT2D eigenvalue weighted by Gasteiger charge is 2.22. The molecule has 0 aliphatic carbocycles. The molecule has 0 aromatic rings. The fourth-order valence-electron chi connectivity index (χ4n) is 1.67. The summed E-state index contributed by atoms with van der Waals surface area (Å²) in [5.41, 5.74) is 0. The van der Waals surface area contributed by atoms with E-state index >= 15 is 0 Å². The Bertz CT molecular complexity index is 170. The number of nitrogens with zero attached hydrogens (tertiary/aromatic N) is 1. The lowest BCUT2D eigenvalue weighted by atomic mass is 9.92. The van der Waals surface area contributed by atoms with Crippen molar-refractivity contribution in [3.8, 4) is 6.07 Å². The van der Waals surface area contributed by atoms with E-state index in [0.717, 1.165) is 39.0 Å². The average molecular weight is 182 g/mol. The molecular formula is C10H18N2O. The minimum Gasteiger partial charge on any atom is -0.381 e. The van der Waals surface area contributed by atoms with Crippen LogP contribution in [0, 0.1) is 17.2 Å². The molecule has 3 nitrogen and oxygen atoms in total. The SMILES string of the molecule is CCCNC(C#N)C1CCOCC1. The van der Waals surface area contributed by atoms with Crippen molar-refractivity contribution in [3.63, 3.8) is 0 Å². The third-order valence-corrected chi connectivity index (χ3v) is 2.49. The maximum atomic E-state index is 8.95. The molecular weight excluding hydrogens is 164 g/mol. The molecule has 0 amide bonds. The van der Waals surface area contributed by atoms with E-state index in [1.807, 2.05) is 0 Å². The molecule has 1 rings (SSSR count). The summed E-state index contributed by atoms with van der Waals surface area (Å²) in [5.74, 6) is 0.491. The van der Waals surface area contributed by atoms with Crippen molar-refractivity contribution in [1.29, 1.82) is 5.26 Å². The topological polar surface area (TPSA) is 45.0 Å². The van der Waals surface area contributed by atoms with Crippen LogP contribution in [0.1, 0.15) is 26.2 Å². The van der Waals surface area contributed by atoms with Gasteiger partial charge in [0.2, 0.25) is 0 Å². The van der Waals surface area contributed by atoms with Crippen molar-refractivity contribution in [2.45, 2.75) is 32.2 Å². The summed E-state index contributed by atoms with van der Waals surface area (Å²) >= 11 is 0. The van der Waals surface area contributed by atoms with Gasteiger partial charge in [-0.05, 0) is 31.7 Å². The molecule has 3 heteroatoms. The molecule has 1 unspecified atom stereocenters. The van der Waals surface area contributed by atoms with E-state index in [-0.39, 0.29) is 6.04 Å². The van der Waals surface area contributed by atoms with Crippen LogP contribution < -0.4 is 5.32 Å². The standard InChI is InChI=1S/C10H18N2O/c1-2-5-12-10(8-11)9-3-6-13-7-4-9/h9-10,12H,2-7H2,1H3. The van der Waals surface area contributed by atoms with Gasteiger partial charge in [-0.1, -0.05) is 6.92 Å². The van der Waals surface area contributed by atoms with E-state index in [9.17, 15) is 0 Å². The molecule has 0 saturated carbocycles. The highest BCUT2D eigenvalue weighted by molar-refractivity contribution is 4.95. The number of hydrogen-bond acceptors (Lipinski definition) is 3. The first-order valence-corrected chi connectivity index (χ1v) is 5.09. The van der Waals surface area contributed by atoms with Gasteiger partial charge in [0.15, 0.2) is 0 Å². The first-order valence-electron chi connectivity index (χ1n) is 5.09. The number of rotatable bonds is 4. The lowest BCUT2D eigenvalue weighted by Gasteiger charge is -2.26. The van der Waals surface area contributed by atoms with Gasteiger partial charge in [-0.15, -0.1) is 0 Å². The Labute approximate surface area is 80.1 Å². The molecule has 1 aliphatic heterocycles. The highest BCUT2D eigenvalue weighted by atomic mass is 16.5. The Kier molecular flexibility index (Phi) is 4.81. The molecule has 0 aromatic heterocycles. The number of hydrogen-bond donors (Lipinski definition) is 1. The van der Waals surface area contributed by atoms with Crippen LogP contribution in [0.2, 0.25) is 0 Å². The molecule has 1 fully saturated rings. The van der Waals surface area contributed by atoms with Gasteiger partial charge < -0.3 is 10.1 Å². The fourth-order valence-corrected chi connectivity index (χ4v) is 1.67. The predicted octanol–water partition coefficient (Wildman–Crippen LogP) is 1.30. The second-order valence-electron chi connectivity index (χ2n) is 3.51. The smallest absolute Gasteiger partial charge is 0.0983 e. The molecule has 74 valence electrons. The third kappa shape index (κ3) is 3.33. The molecule has 1 N–H and O–H groups in total. The fraction of sp³-hybridized carbons (Fsp3) is 0.900. The van der Waals surface area contributed by atoms with Gasteiger partial charge in [-0.2, -0.15) is 5.26 Å². The number of nitriles is 1. The van der Waals surface area contributed by atoms with Crippen molar-refractivity contribution < 1.29 is 4.74 Å². The molecule has 1 atom stereocenters. The molecule has 0 spiro atoms. The van der Waals surface area contributed by atoms with E-state index in [1.165, 1.54) is 0 Å². The first kappa shape index (κ1) is 10.5. The third-order valence-electron chi connectivity index (χ3n) is 2.49. The summed E-state index contributed by atoms with van der Waals surface area (Å²) in [5, 5.41) is 12.2. The second-order valence-corrected chi connectivity index (χ2v) is 3.51. The maximum Gasteiger partial charge on any atom is 0.0983 e. The average Bonchev–Trinajstić information content (AvgIpc) is 2.21. The van der Waals surface area contributed by atoms with Crippen LogP contribution >= 0.6 is 0 Å². The Morgan fingerprint density at radius 1 is 1.54 bits per heavy atom. The molecule has 13 heavy (non-hydrogen) atoms. The van der Waals surface area contributed by atoms with Crippen LogP contribution in [-0.4, -0.2) is 25.8 Å². The van der Waals surface area contributed by atoms with E-state index in [1.54, 1.807) is 0 Å². The minimum atomic E-state index is 0.0313. The minimum absolute atomic E-state index is 0.0313. The van der Waals surface area contributed by atoms with E-state index in [2.05, 4.69) is 18.3 Å². The van der Waals surface area contributed by atoms with Crippen molar-refractivity contribution in [2.24, 2.45) is 5.92 Å². The summed E-state index contributed by atoms with van der Waals surface area (Å²) in [6, 6.07) is 2.37. The van der Waals surface area contributed by atoms with Crippen molar-refractivity contribution in [3.05, 3.63) is 0 Å². The van der Waals surface area contributed by atoms with E-state index in [4.69, 9.17) is 10.00 Å².